The second-order valence-corrected chi connectivity index (χ2v) is 3.67. The molecule has 1 aliphatic heterocycles. The van der Waals surface area contributed by atoms with E-state index in [1.54, 1.807) is 0 Å². The number of hydrogen-bond acceptors (Lipinski definition) is 3. The SMILES string of the molecule is O=C1C[C@@H](C(=O)O)NC(c2ccccc2)N1. The van der Waals surface area contributed by atoms with E-state index in [9.17, 15) is 9.59 Å². The number of rotatable bonds is 2. The van der Waals surface area contributed by atoms with Gasteiger partial charge in [0, 0.05) is 0 Å². The predicted octanol–water partition coefficient (Wildman–Crippen LogP) is 0.248. The number of hydrogen-bond donors (Lipinski definition) is 3. The molecular formula is C11H12N2O3. The van der Waals surface area contributed by atoms with Gasteiger partial charge in [0.05, 0.1) is 6.42 Å². The average molecular weight is 220 g/mol. The predicted molar refractivity (Wildman–Crippen MR) is 56.5 cm³/mol. The largest absolute Gasteiger partial charge is 0.480 e. The van der Waals surface area contributed by atoms with Crippen molar-refractivity contribution in [3.63, 3.8) is 0 Å². The third kappa shape index (κ3) is 2.20. The topological polar surface area (TPSA) is 78.4 Å². The highest BCUT2D eigenvalue weighted by Gasteiger charge is 2.30. The molecule has 3 N–H and O–H groups in total. The van der Waals surface area contributed by atoms with Crippen LogP contribution in [0.2, 0.25) is 0 Å². The number of carboxylic acids is 1. The van der Waals surface area contributed by atoms with Crippen LogP contribution in [0, 0.1) is 0 Å². The molecular weight excluding hydrogens is 208 g/mol. The number of aliphatic carboxylic acids is 1. The summed E-state index contributed by atoms with van der Waals surface area (Å²) in [5.74, 6) is -1.25. The van der Waals surface area contributed by atoms with Crippen LogP contribution in [-0.4, -0.2) is 23.0 Å². The normalized spacial score (nSPS) is 24.9. The van der Waals surface area contributed by atoms with Gasteiger partial charge in [0.2, 0.25) is 5.91 Å². The highest BCUT2D eigenvalue weighted by molar-refractivity contribution is 5.85. The summed E-state index contributed by atoms with van der Waals surface area (Å²) >= 11 is 0. The molecule has 2 atom stereocenters. The van der Waals surface area contributed by atoms with Crippen LogP contribution < -0.4 is 10.6 Å². The van der Waals surface area contributed by atoms with Gasteiger partial charge < -0.3 is 10.4 Å². The monoisotopic (exact) mass is 220 g/mol. The van der Waals surface area contributed by atoms with Gasteiger partial charge in [-0.25, -0.2) is 0 Å². The zero-order valence-electron chi connectivity index (χ0n) is 8.51. The second-order valence-electron chi connectivity index (χ2n) is 3.67. The quantitative estimate of drug-likeness (QED) is 0.667. The van der Waals surface area contributed by atoms with E-state index in [0.29, 0.717) is 0 Å². The molecule has 2 rings (SSSR count). The molecule has 1 aliphatic rings. The van der Waals surface area contributed by atoms with Crippen molar-refractivity contribution < 1.29 is 14.7 Å². The van der Waals surface area contributed by atoms with E-state index in [2.05, 4.69) is 10.6 Å². The standard InChI is InChI=1S/C11H12N2O3/c14-9-6-8(11(15)16)12-10(13-9)7-4-2-1-3-5-7/h1-5,8,10,12H,6H2,(H,13,14)(H,15,16)/t8-,10?/m0/s1. The molecule has 0 aliphatic carbocycles. The Morgan fingerprint density at radius 3 is 2.62 bits per heavy atom. The zero-order chi connectivity index (χ0) is 11.5. The lowest BCUT2D eigenvalue weighted by molar-refractivity contribution is -0.143. The van der Waals surface area contributed by atoms with Gasteiger partial charge in [-0.2, -0.15) is 0 Å². The van der Waals surface area contributed by atoms with E-state index in [-0.39, 0.29) is 12.3 Å². The molecule has 0 bridgehead atoms. The van der Waals surface area contributed by atoms with Crippen molar-refractivity contribution in [2.24, 2.45) is 0 Å². The third-order valence-corrected chi connectivity index (χ3v) is 2.49. The Hall–Kier alpha value is -1.88. The van der Waals surface area contributed by atoms with Gasteiger partial charge in [-0.05, 0) is 5.56 Å². The molecule has 0 saturated carbocycles. The maximum absolute atomic E-state index is 11.3. The summed E-state index contributed by atoms with van der Waals surface area (Å²) in [4.78, 5) is 22.2. The third-order valence-electron chi connectivity index (χ3n) is 2.49. The maximum atomic E-state index is 11.3. The van der Waals surface area contributed by atoms with Crippen LogP contribution in [0.25, 0.3) is 0 Å². The number of carbonyl (C=O) groups is 2. The van der Waals surface area contributed by atoms with Gasteiger partial charge in [0.1, 0.15) is 12.2 Å². The van der Waals surface area contributed by atoms with Gasteiger partial charge in [-0.15, -0.1) is 0 Å². The number of nitrogens with one attached hydrogen (secondary N) is 2. The average Bonchev–Trinajstić information content (AvgIpc) is 2.29. The summed E-state index contributed by atoms with van der Waals surface area (Å²) in [6.07, 6.45) is -0.456. The van der Waals surface area contributed by atoms with Gasteiger partial charge in [0.15, 0.2) is 0 Å². The van der Waals surface area contributed by atoms with Gasteiger partial charge in [-0.3, -0.25) is 14.9 Å². The van der Waals surface area contributed by atoms with Crippen LogP contribution in [0.1, 0.15) is 18.2 Å². The van der Waals surface area contributed by atoms with Crippen LogP contribution in [0.4, 0.5) is 0 Å². The number of amides is 1. The Bertz CT molecular complexity index is 405. The molecule has 1 fully saturated rings. The first kappa shape index (κ1) is 10.6. The Kier molecular flexibility index (Phi) is 2.87. The van der Waals surface area contributed by atoms with Crippen molar-refractivity contribution >= 4 is 11.9 Å². The van der Waals surface area contributed by atoms with Crippen LogP contribution in [0.3, 0.4) is 0 Å². The molecule has 5 nitrogen and oxygen atoms in total. The van der Waals surface area contributed by atoms with E-state index < -0.39 is 18.2 Å². The summed E-state index contributed by atoms with van der Waals surface area (Å²) in [5, 5.41) is 14.5. The Morgan fingerprint density at radius 2 is 2.00 bits per heavy atom. The lowest BCUT2D eigenvalue weighted by atomic mass is 10.1. The molecule has 1 amide bonds. The van der Waals surface area contributed by atoms with Crippen molar-refractivity contribution in [1.29, 1.82) is 0 Å². The summed E-state index contributed by atoms with van der Waals surface area (Å²) < 4.78 is 0. The minimum Gasteiger partial charge on any atom is -0.480 e. The van der Waals surface area contributed by atoms with Crippen molar-refractivity contribution in [3.05, 3.63) is 35.9 Å². The molecule has 1 unspecified atom stereocenters. The Morgan fingerprint density at radius 1 is 1.31 bits per heavy atom. The van der Waals surface area contributed by atoms with Crippen LogP contribution in [0.15, 0.2) is 30.3 Å². The van der Waals surface area contributed by atoms with Crippen molar-refractivity contribution in [2.45, 2.75) is 18.6 Å². The minimum absolute atomic E-state index is 0.0291. The Balaban J connectivity index is 2.17. The fraction of sp³-hybridized carbons (Fsp3) is 0.273. The number of benzene rings is 1. The molecule has 0 spiro atoms. The Labute approximate surface area is 92.5 Å². The highest BCUT2D eigenvalue weighted by Crippen LogP contribution is 2.15. The van der Waals surface area contributed by atoms with Crippen LogP contribution in [0.5, 0.6) is 0 Å². The van der Waals surface area contributed by atoms with Gasteiger partial charge in [0.25, 0.3) is 0 Å². The molecule has 1 saturated heterocycles. The lowest BCUT2D eigenvalue weighted by Crippen LogP contribution is -2.53. The zero-order valence-corrected chi connectivity index (χ0v) is 8.51. The van der Waals surface area contributed by atoms with Crippen LogP contribution >= 0.6 is 0 Å². The minimum atomic E-state index is -1.00. The first-order valence-corrected chi connectivity index (χ1v) is 5.00. The van der Waals surface area contributed by atoms with E-state index in [0.717, 1.165) is 5.56 Å². The first-order valence-electron chi connectivity index (χ1n) is 5.00. The summed E-state index contributed by atoms with van der Waals surface area (Å²) in [6.45, 7) is 0. The summed E-state index contributed by atoms with van der Waals surface area (Å²) in [6, 6.07) is 8.40. The molecule has 5 heteroatoms. The van der Waals surface area contributed by atoms with Crippen molar-refractivity contribution in [2.75, 3.05) is 0 Å². The fourth-order valence-electron chi connectivity index (χ4n) is 1.69. The van der Waals surface area contributed by atoms with Gasteiger partial charge in [-0.1, -0.05) is 30.3 Å². The van der Waals surface area contributed by atoms with Crippen molar-refractivity contribution in [1.82, 2.24) is 10.6 Å². The van der Waals surface area contributed by atoms with Crippen LogP contribution in [-0.2, 0) is 9.59 Å². The molecule has 16 heavy (non-hydrogen) atoms. The molecule has 1 aromatic rings. The fourth-order valence-corrected chi connectivity index (χ4v) is 1.69. The maximum Gasteiger partial charge on any atom is 0.321 e. The smallest absolute Gasteiger partial charge is 0.321 e. The van der Waals surface area contributed by atoms with E-state index >= 15 is 0 Å². The lowest BCUT2D eigenvalue weighted by Gasteiger charge is -2.29. The van der Waals surface area contributed by atoms with Crippen molar-refractivity contribution in [3.8, 4) is 0 Å². The second kappa shape index (κ2) is 4.32. The van der Waals surface area contributed by atoms with E-state index in [1.807, 2.05) is 30.3 Å². The molecule has 84 valence electrons. The van der Waals surface area contributed by atoms with E-state index in [4.69, 9.17) is 5.11 Å². The number of carbonyl (C=O) groups excluding carboxylic acids is 1. The van der Waals surface area contributed by atoms with Gasteiger partial charge >= 0.3 is 5.97 Å². The molecule has 0 radical (unpaired) electrons. The summed E-state index contributed by atoms with van der Waals surface area (Å²) in [5.41, 5.74) is 0.849. The molecule has 1 aromatic carbocycles. The molecule has 1 heterocycles. The first-order chi connectivity index (χ1) is 7.66. The highest BCUT2D eigenvalue weighted by atomic mass is 16.4. The molecule has 0 aromatic heterocycles. The van der Waals surface area contributed by atoms with E-state index in [1.165, 1.54) is 0 Å². The number of carboxylic acid groups (broad SMARTS) is 1. The summed E-state index contributed by atoms with van der Waals surface area (Å²) in [7, 11) is 0.